The Bertz CT molecular complexity index is 145. The third-order valence-corrected chi connectivity index (χ3v) is 3.55. The van der Waals surface area contributed by atoms with Crippen LogP contribution in [0.25, 0.3) is 0 Å². The zero-order chi connectivity index (χ0) is 9.68. The van der Waals surface area contributed by atoms with Gasteiger partial charge in [0.25, 0.3) is 0 Å². The monoisotopic (exact) mass is 182 g/mol. The van der Waals surface area contributed by atoms with Crippen molar-refractivity contribution < 1.29 is 4.79 Å². The zero-order valence-corrected chi connectivity index (χ0v) is 8.96. The SMILES string of the molecule is CCCC1CCC(C(C)C=O)CC1. The molecule has 0 heterocycles. The number of hydrogen-bond donors (Lipinski definition) is 0. The fourth-order valence-corrected chi connectivity index (χ4v) is 2.52. The van der Waals surface area contributed by atoms with Crippen molar-refractivity contribution in [3.63, 3.8) is 0 Å². The molecule has 0 radical (unpaired) electrons. The summed E-state index contributed by atoms with van der Waals surface area (Å²) in [6.45, 7) is 4.33. The van der Waals surface area contributed by atoms with Crippen molar-refractivity contribution >= 4 is 6.29 Å². The van der Waals surface area contributed by atoms with Crippen LogP contribution in [-0.2, 0) is 4.79 Å². The first kappa shape index (κ1) is 10.7. The number of rotatable bonds is 4. The van der Waals surface area contributed by atoms with Crippen molar-refractivity contribution in [2.75, 3.05) is 0 Å². The Morgan fingerprint density at radius 1 is 1.31 bits per heavy atom. The minimum absolute atomic E-state index is 0.294. The van der Waals surface area contributed by atoms with Crippen LogP contribution in [0.3, 0.4) is 0 Å². The predicted molar refractivity (Wildman–Crippen MR) is 55.6 cm³/mol. The van der Waals surface area contributed by atoms with Gasteiger partial charge in [-0.2, -0.15) is 0 Å². The molecule has 0 aliphatic heterocycles. The van der Waals surface area contributed by atoms with Crippen LogP contribution in [0, 0.1) is 17.8 Å². The van der Waals surface area contributed by atoms with E-state index in [4.69, 9.17) is 0 Å². The maximum Gasteiger partial charge on any atom is 0.123 e. The number of aldehydes is 1. The molecule has 0 aromatic rings. The molecule has 1 unspecified atom stereocenters. The van der Waals surface area contributed by atoms with Gasteiger partial charge >= 0.3 is 0 Å². The van der Waals surface area contributed by atoms with Crippen molar-refractivity contribution in [2.24, 2.45) is 17.8 Å². The minimum Gasteiger partial charge on any atom is -0.303 e. The highest BCUT2D eigenvalue weighted by molar-refractivity contribution is 5.53. The minimum atomic E-state index is 0.294. The molecule has 0 bridgehead atoms. The molecule has 1 saturated carbocycles. The molecule has 0 saturated heterocycles. The largest absolute Gasteiger partial charge is 0.303 e. The van der Waals surface area contributed by atoms with Crippen LogP contribution in [0.15, 0.2) is 0 Å². The highest BCUT2D eigenvalue weighted by atomic mass is 16.1. The fourth-order valence-electron chi connectivity index (χ4n) is 2.52. The maximum atomic E-state index is 10.6. The van der Waals surface area contributed by atoms with E-state index < -0.39 is 0 Å². The van der Waals surface area contributed by atoms with Gasteiger partial charge in [0.2, 0.25) is 0 Å². The van der Waals surface area contributed by atoms with Gasteiger partial charge in [-0.25, -0.2) is 0 Å². The molecule has 0 N–H and O–H groups in total. The van der Waals surface area contributed by atoms with E-state index in [1.807, 2.05) is 0 Å². The number of carbonyl (C=O) groups is 1. The molecule has 1 rings (SSSR count). The van der Waals surface area contributed by atoms with Gasteiger partial charge in [0.15, 0.2) is 0 Å². The third kappa shape index (κ3) is 3.13. The Kier molecular flexibility index (Phi) is 4.47. The molecular weight excluding hydrogens is 160 g/mol. The molecule has 1 nitrogen and oxygen atoms in total. The summed E-state index contributed by atoms with van der Waals surface area (Å²) in [5.74, 6) is 1.94. The lowest BCUT2D eigenvalue weighted by Crippen LogP contribution is -2.20. The summed E-state index contributed by atoms with van der Waals surface area (Å²) in [5.41, 5.74) is 0. The zero-order valence-electron chi connectivity index (χ0n) is 8.96. The van der Waals surface area contributed by atoms with Crippen molar-refractivity contribution in [1.82, 2.24) is 0 Å². The van der Waals surface area contributed by atoms with E-state index in [2.05, 4.69) is 13.8 Å². The molecule has 0 amide bonds. The Morgan fingerprint density at radius 2 is 1.92 bits per heavy atom. The summed E-state index contributed by atoms with van der Waals surface area (Å²) in [4.78, 5) is 10.6. The highest BCUT2D eigenvalue weighted by Crippen LogP contribution is 2.34. The molecule has 0 aromatic heterocycles. The lowest BCUT2D eigenvalue weighted by molar-refractivity contribution is -0.112. The van der Waals surface area contributed by atoms with Crippen LogP contribution >= 0.6 is 0 Å². The quantitative estimate of drug-likeness (QED) is 0.609. The van der Waals surface area contributed by atoms with E-state index in [-0.39, 0.29) is 0 Å². The lowest BCUT2D eigenvalue weighted by atomic mass is 9.75. The molecule has 1 aliphatic carbocycles. The van der Waals surface area contributed by atoms with Crippen LogP contribution < -0.4 is 0 Å². The second-order valence-electron chi connectivity index (χ2n) is 4.56. The Balaban J connectivity index is 2.26. The Morgan fingerprint density at radius 3 is 2.38 bits per heavy atom. The second-order valence-corrected chi connectivity index (χ2v) is 4.56. The van der Waals surface area contributed by atoms with Gasteiger partial charge in [0.05, 0.1) is 0 Å². The molecule has 1 atom stereocenters. The standard InChI is InChI=1S/C12H22O/c1-3-4-11-5-7-12(8-6-11)10(2)9-13/h9-12H,3-8H2,1-2H3. The molecule has 0 spiro atoms. The fraction of sp³-hybridized carbons (Fsp3) is 0.917. The van der Waals surface area contributed by atoms with Gasteiger partial charge in [-0.05, 0) is 24.7 Å². The van der Waals surface area contributed by atoms with Crippen molar-refractivity contribution in [3.05, 3.63) is 0 Å². The molecule has 1 heteroatoms. The van der Waals surface area contributed by atoms with Crippen LogP contribution in [0.1, 0.15) is 52.4 Å². The number of hydrogen-bond acceptors (Lipinski definition) is 1. The highest BCUT2D eigenvalue weighted by Gasteiger charge is 2.24. The van der Waals surface area contributed by atoms with Crippen molar-refractivity contribution in [1.29, 1.82) is 0 Å². The smallest absolute Gasteiger partial charge is 0.123 e. The maximum absolute atomic E-state index is 10.6. The van der Waals surface area contributed by atoms with E-state index in [0.29, 0.717) is 11.8 Å². The van der Waals surface area contributed by atoms with Gasteiger partial charge in [0, 0.05) is 5.92 Å². The van der Waals surface area contributed by atoms with E-state index in [0.717, 1.165) is 12.2 Å². The van der Waals surface area contributed by atoms with Crippen LogP contribution in [0.5, 0.6) is 0 Å². The van der Waals surface area contributed by atoms with Gasteiger partial charge in [0.1, 0.15) is 6.29 Å². The summed E-state index contributed by atoms with van der Waals surface area (Å²) in [6.07, 6.45) is 9.12. The van der Waals surface area contributed by atoms with Gasteiger partial charge in [-0.3, -0.25) is 0 Å². The van der Waals surface area contributed by atoms with Crippen molar-refractivity contribution in [3.8, 4) is 0 Å². The van der Waals surface area contributed by atoms with Gasteiger partial charge < -0.3 is 4.79 Å². The van der Waals surface area contributed by atoms with Gasteiger partial charge in [-0.1, -0.05) is 39.5 Å². The summed E-state index contributed by atoms with van der Waals surface area (Å²) in [7, 11) is 0. The molecule has 0 aromatic carbocycles. The summed E-state index contributed by atoms with van der Waals surface area (Å²) >= 11 is 0. The molecule has 76 valence electrons. The average molecular weight is 182 g/mol. The van der Waals surface area contributed by atoms with E-state index in [1.165, 1.54) is 38.5 Å². The van der Waals surface area contributed by atoms with Crippen LogP contribution in [-0.4, -0.2) is 6.29 Å². The molecule has 1 fully saturated rings. The number of carbonyl (C=O) groups excluding carboxylic acids is 1. The Hall–Kier alpha value is -0.330. The van der Waals surface area contributed by atoms with E-state index in [1.54, 1.807) is 0 Å². The molecular formula is C12H22O. The van der Waals surface area contributed by atoms with Crippen molar-refractivity contribution in [2.45, 2.75) is 52.4 Å². The average Bonchev–Trinajstić information content (AvgIpc) is 2.18. The topological polar surface area (TPSA) is 17.1 Å². The molecule has 1 aliphatic rings. The Labute approximate surface area is 81.9 Å². The van der Waals surface area contributed by atoms with Crippen LogP contribution in [0.4, 0.5) is 0 Å². The van der Waals surface area contributed by atoms with Gasteiger partial charge in [-0.15, -0.1) is 0 Å². The normalized spacial score (nSPS) is 31.2. The van der Waals surface area contributed by atoms with E-state index in [9.17, 15) is 4.79 Å². The summed E-state index contributed by atoms with van der Waals surface area (Å²) in [6, 6.07) is 0. The third-order valence-electron chi connectivity index (χ3n) is 3.55. The predicted octanol–water partition coefficient (Wildman–Crippen LogP) is 3.43. The molecule has 13 heavy (non-hydrogen) atoms. The summed E-state index contributed by atoms with van der Waals surface area (Å²) < 4.78 is 0. The van der Waals surface area contributed by atoms with Crippen LogP contribution in [0.2, 0.25) is 0 Å². The first-order valence-electron chi connectivity index (χ1n) is 5.73. The second kappa shape index (κ2) is 5.41. The first-order valence-corrected chi connectivity index (χ1v) is 5.73. The lowest BCUT2D eigenvalue weighted by Gasteiger charge is -2.30. The first-order chi connectivity index (χ1) is 6.27. The summed E-state index contributed by atoms with van der Waals surface area (Å²) in [5, 5.41) is 0. The van der Waals surface area contributed by atoms with E-state index >= 15 is 0 Å².